The average molecular weight is 327 g/mol. The van der Waals surface area contributed by atoms with Gasteiger partial charge in [-0.25, -0.2) is 0 Å². The van der Waals surface area contributed by atoms with Gasteiger partial charge in [0.15, 0.2) is 0 Å². The van der Waals surface area contributed by atoms with E-state index in [1.165, 1.54) is 17.8 Å². The van der Waals surface area contributed by atoms with Crippen LogP contribution in [0.15, 0.2) is 47.4 Å². The van der Waals surface area contributed by atoms with Gasteiger partial charge in [0.25, 0.3) is 5.69 Å². The number of rotatable bonds is 5. The average Bonchev–Trinajstić information content (AvgIpc) is 2.55. The maximum Gasteiger partial charge on any atom is 0.274 e. The number of thioether (sulfide) groups is 1. The molecular formula is C16H13N3O3S. The van der Waals surface area contributed by atoms with Crippen molar-refractivity contribution >= 4 is 29.0 Å². The van der Waals surface area contributed by atoms with E-state index >= 15 is 0 Å². The Kier molecular flexibility index (Phi) is 5.33. The van der Waals surface area contributed by atoms with Gasteiger partial charge >= 0.3 is 0 Å². The maximum absolute atomic E-state index is 11.9. The van der Waals surface area contributed by atoms with Crippen molar-refractivity contribution in [1.82, 2.24) is 0 Å². The molecule has 0 fully saturated rings. The van der Waals surface area contributed by atoms with Crippen LogP contribution < -0.4 is 5.32 Å². The number of hydrogen-bond donors (Lipinski definition) is 1. The zero-order valence-corrected chi connectivity index (χ0v) is 13.1. The van der Waals surface area contributed by atoms with Gasteiger partial charge in [0.2, 0.25) is 5.91 Å². The standard InChI is InChI=1S/C16H13N3O3S/c1-11-2-5-13(8-15(11)19(21)22)18-16(20)10-23-14-6-3-12(9-17)4-7-14/h2-8H,10H2,1H3,(H,18,20). The second-order valence-electron chi connectivity index (χ2n) is 4.73. The number of anilines is 1. The lowest BCUT2D eigenvalue weighted by molar-refractivity contribution is -0.385. The first-order valence-corrected chi connectivity index (χ1v) is 7.66. The first-order valence-electron chi connectivity index (χ1n) is 6.67. The highest BCUT2D eigenvalue weighted by molar-refractivity contribution is 8.00. The normalized spacial score (nSPS) is 9.91. The molecule has 0 bridgehead atoms. The van der Waals surface area contributed by atoms with Crippen molar-refractivity contribution in [2.24, 2.45) is 0 Å². The van der Waals surface area contributed by atoms with Crippen molar-refractivity contribution in [3.05, 3.63) is 63.7 Å². The quantitative estimate of drug-likeness (QED) is 0.515. The Balaban J connectivity index is 1.95. The molecule has 0 aliphatic heterocycles. The van der Waals surface area contributed by atoms with Crippen LogP contribution in [0.3, 0.4) is 0 Å². The summed E-state index contributed by atoms with van der Waals surface area (Å²) in [6.07, 6.45) is 0. The fourth-order valence-corrected chi connectivity index (χ4v) is 2.55. The third kappa shape index (κ3) is 4.56. The number of amides is 1. The van der Waals surface area contributed by atoms with E-state index in [0.29, 0.717) is 16.8 Å². The minimum absolute atomic E-state index is 0.0254. The molecule has 0 aromatic heterocycles. The number of nitrogens with zero attached hydrogens (tertiary/aromatic N) is 2. The summed E-state index contributed by atoms with van der Waals surface area (Å²) in [6, 6.07) is 13.5. The largest absolute Gasteiger partial charge is 0.325 e. The van der Waals surface area contributed by atoms with Gasteiger partial charge in [0, 0.05) is 22.2 Å². The van der Waals surface area contributed by atoms with Gasteiger partial charge in [-0.05, 0) is 37.3 Å². The zero-order valence-electron chi connectivity index (χ0n) is 12.3. The van der Waals surface area contributed by atoms with Crippen LogP contribution in [0.2, 0.25) is 0 Å². The van der Waals surface area contributed by atoms with Gasteiger partial charge in [-0.1, -0.05) is 6.07 Å². The summed E-state index contributed by atoms with van der Waals surface area (Å²) in [5.41, 5.74) is 1.47. The number of nitro groups is 1. The predicted octanol–water partition coefficient (Wildman–Crippen LogP) is 3.51. The molecule has 0 spiro atoms. The molecule has 7 heteroatoms. The van der Waals surface area contributed by atoms with Gasteiger partial charge in [-0.15, -0.1) is 11.8 Å². The van der Waals surface area contributed by atoms with Crippen LogP contribution in [0.4, 0.5) is 11.4 Å². The molecule has 0 heterocycles. The van der Waals surface area contributed by atoms with E-state index in [9.17, 15) is 14.9 Å². The van der Waals surface area contributed by atoms with E-state index in [1.54, 1.807) is 43.3 Å². The molecular weight excluding hydrogens is 314 g/mol. The van der Waals surface area contributed by atoms with E-state index < -0.39 is 4.92 Å². The molecule has 0 atom stereocenters. The Morgan fingerprint density at radius 3 is 2.61 bits per heavy atom. The van der Waals surface area contributed by atoms with Crippen LogP contribution in [0.1, 0.15) is 11.1 Å². The smallest absolute Gasteiger partial charge is 0.274 e. The monoisotopic (exact) mass is 327 g/mol. The molecule has 2 aromatic rings. The van der Waals surface area contributed by atoms with Gasteiger partial charge < -0.3 is 5.32 Å². The topological polar surface area (TPSA) is 96.0 Å². The van der Waals surface area contributed by atoms with Crippen molar-refractivity contribution in [3.8, 4) is 6.07 Å². The molecule has 0 aliphatic rings. The minimum Gasteiger partial charge on any atom is -0.325 e. The summed E-state index contributed by atoms with van der Waals surface area (Å²) in [4.78, 5) is 23.2. The van der Waals surface area contributed by atoms with Crippen molar-refractivity contribution in [2.45, 2.75) is 11.8 Å². The summed E-state index contributed by atoms with van der Waals surface area (Å²) < 4.78 is 0. The van der Waals surface area contributed by atoms with Gasteiger partial charge in [-0.2, -0.15) is 5.26 Å². The fraction of sp³-hybridized carbons (Fsp3) is 0.125. The third-order valence-electron chi connectivity index (χ3n) is 3.04. The molecule has 1 amide bonds. The summed E-state index contributed by atoms with van der Waals surface area (Å²) >= 11 is 1.33. The number of nitrogens with one attached hydrogen (secondary N) is 1. The SMILES string of the molecule is Cc1ccc(NC(=O)CSc2ccc(C#N)cc2)cc1[N+](=O)[O-]. The number of hydrogen-bond acceptors (Lipinski definition) is 5. The van der Waals surface area contributed by atoms with Gasteiger partial charge in [0.05, 0.1) is 22.3 Å². The summed E-state index contributed by atoms with van der Waals surface area (Å²) in [7, 11) is 0. The molecule has 0 saturated carbocycles. The van der Waals surface area contributed by atoms with Gasteiger partial charge in [-0.3, -0.25) is 14.9 Å². The lowest BCUT2D eigenvalue weighted by Gasteiger charge is -2.06. The Hall–Kier alpha value is -2.85. The van der Waals surface area contributed by atoms with E-state index in [-0.39, 0.29) is 17.3 Å². The highest BCUT2D eigenvalue weighted by Gasteiger charge is 2.12. The second-order valence-corrected chi connectivity index (χ2v) is 5.78. The van der Waals surface area contributed by atoms with E-state index in [4.69, 9.17) is 5.26 Å². The molecule has 1 N–H and O–H groups in total. The summed E-state index contributed by atoms with van der Waals surface area (Å²) in [6.45, 7) is 1.64. The molecule has 0 radical (unpaired) electrons. The number of benzene rings is 2. The van der Waals surface area contributed by atoms with Gasteiger partial charge in [0.1, 0.15) is 0 Å². The van der Waals surface area contributed by atoms with Crippen molar-refractivity contribution < 1.29 is 9.72 Å². The lowest BCUT2D eigenvalue weighted by atomic mass is 10.2. The minimum atomic E-state index is -0.476. The maximum atomic E-state index is 11.9. The molecule has 2 aromatic carbocycles. The molecule has 2 rings (SSSR count). The van der Waals surface area contributed by atoms with Crippen molar-refractivity contribution in [3.63, 3.8) is 0 Å². The molecule has 0 saturated heterocycles. The second kappa shape index (κ2) is 7.42. The van der Waals surface area contributed by atoms with E-state index in [0.717, 1.165) is 4.90 Å². The molecule has 6 nitrogen and oxygen atoms in total. The highest BCUT2D eigenvalue weighted by Crippen LogP contribution is 2.23. The van der Waals surface area contributed by atoms with Crippen LogP contribution in [-0.4, -0.2) is 16.6 Å². The lowest BCUT2D eigenvalue weighted by Crippen LogP contribution is -2.14. The number of carbonyl (C=O) groups is 1. The third-order valence-corrected chi connectivity index (χ3v) is 4.05. The van der Waals surface area contributed by atoms with Crippen LogP contribution in [0, 0.1) is 28.4 Å². The van der Waals surface area contributed by atoms with Crippen molar-refractivity contribution in [1.29, 1.82) is 5.26 Å². The molecule has 116 valence electrons. The van der Waals surface area contributed by atoms with Crippen LogP contribution in [-0.2, 0) is 4.79 Å². The molecule has 0 aliphatic carbocycles. The van der Waals surface area contributed by atoms with Crippen LogP contribution >= 0.6 is 11.8 Å². The first kappa shape index (κ1) is 16.5. The van der Waals surface area contributed by atoms with E-state index in [2.05, 4.69) is 5.32 Å². The first-order chi connectivity index (χ1) is 11.0. The Bertz CT molecular complexity index is 782. The Morgan fingerprint density at radius 2 is 2.00 bits per heavy atom. The Labute approximate surface area is 137 Å². The number of nitriles is 1. The summed E-state index contributed by atoms with van der Waals surface area (Å²) in [5.74, 6) is -0.0781. The Morgan fingerprint density at radius 1 is 1.30 bits per heavy atom. The zero-order chi connectivity index (χ0) is 16.8. The number of carbonyl (C=O) groups excluding carboxylic acids is 1. The van der Waals surface area contributed by atoms with Crippen LogP contribution in [0.5, 0.6) is 0 Å². The molecule has 0 unspecified atom stereocenters. The van der Waals surface area contributed by atoms with E-state index in [1.807, 2.05) is 6.07 Å². The molecule has 23 heavy (non-hydrogen) atoms. The predicted molar refractivity (Wildman–Crippen MR) is 88.3 cm³/mol. The van der Waals surface area contributed by atoms with Crippen LogP contribution in [0.25, 0.3) is 0 Å². The number of nitro benzene ring substituents is 1. The highest BCUT2D eigenvalue weighted by atomic mass is 32.2. The summed E-state index contributed by atoms with van der Waals surface area (Å²) in [5, 5.41) is 22.3. The van der Waals surface area contributed by atoms with Crippen molar-refractivity contribution in [2.75, 3.05) is 11.1 Å². The number of aryl methyl sites for hydroxylation is 1. The fourth-order valence-electron chi connectivity index (χ4n) is 1.86.